The summed E-state index contributed by atoms with van der Waals surface area (Å²) < 4.78 is 4.80. The highest BCUT2D eigenvalue weighted by molar-refractivity contribution is 6.64. The average Bonchev–Trinajstić information content (AvgIpc) is 3.22. The number of benzene rings is 1. The third kappa shape index (κ3) is 4.44. The van der Waals surface area contributed by atoms with Crippen LogP contribution in [0.1, 0.15) is 43.7 Å². The number of hydrogen-bond acceptors (Lipinski definition) is 7. The molecule has 1 aliphatic heterocycles. The number of carbonyl (C=O) groups excluding carboxylic acids is 1. The van der Waals surface area contributed by atoms with Crippen LogP contribution in [0.3, 0.4) is 0 Å². The Balaban J connectivity index is 1.99. The number of nitrogens with one attached hydrogen (secondary N) is 1. The van der Waals surface area contributed by atoms with E-state index in [-0.39, 0.29) is 29.4 Å². The fourth-order valence-electron chi connectivity index (χ4n) is 3.82. The first kappa shape index (κ1) is 20.1. The maximum absolute atomic E-state index is 11.7. The molecular formula is C19H23ClN4O4. The van der Waals surface area contributed by atoms with E-state index >= 15 is 0 Å². The summed E-state index contributed by atoms with van der Waals surface area (Å²) in [5.41, 5.74) is 1.46. The van der Waals surface area contributed by atoms with E-state index in [0.29, 0.717) is 12.1 Å². The lowest BCUT2D eigenvalue weighted by atomic mass is 9.99. The van der Waals surface area contributed by atoms with Crippen LogP contribution in [0.4, 0.5) is 5.69 Å². The van der Waals surface area contributed by atoms with Crippen LogP contribution >= 0.6 is 11.6 Å². The van der Waals surface area contributed by atoms with Crippen molar-refractivity contribution in [3.8, 4) is 0 Å². The molecule has 3 rings (SSSR count). The first-order valence-electron chi connectivity index (χ1n) is 9.28. The number of nitro groups is 1. The molecule has 1 aromatic carbocycles. The van der Waals surface area contributed by atoms with Crippen molar-refractivity contribution in [1.82, 2.24) is 5.32 Å². The van der Waals surface area contributed by atoms with Crippen LogP contribution in [-0.2, 0) is 9.53 Å². The van der Waals surface area contributed by atoms with Gasteiger partial charge < -0.3 is 15.0 Å². The van der Waals surface area contributed by atoms with Crippen molar-refractivity contribution in [3.05, 3.63) is 51.8 Å². The molecule has 9 heteroatoms. The predicted octanol–water partition coefficient (Wildman–Crippen LogP) is 3.36. The molecule has 1 fully saturated rings. The van der Waals surface area contributed by atoms with E-state index < -0.39 is 11.0 Å². The number of ether oxygens (including phenoxy) is 1. The van der Waals surface area contributed by atoms with Crippen molar-refractivity contribution in [1.29, 1.82) is 0 Å². The van der Waals surface area contributed by atoms with E-state index in [1.54, 1.807) is 0 Å². The zero-order valence-electron chi connectivity index (χ0n) is 15.6. The molecule has 0 amide bonds. The topological polar surface area (TPSA) is 97.1 Å². The quantitative estimate of drug-likeness (QED) is 0.323. The summed E-state index contributed by atoms with van der Waals surface area (Å²) in [6.45, 7) is 0.480. The number of halogens is 1. The normalized spacial score (nSPS) is 19.4. The fraction of sp³-hybridized carbons (Fsp3) is 0.474. The predicted molar refractivity (Wildman–Crippen MR) is 107 cm³/mol. The second-order valence-electron chi connectivity index (χ2n) is 6.81. The summed E-state index contributed by atoms with van der Waals surface area (Å²) in [4.78, 5) is 29.3. The molecule has 1 saturated carbocycles. The minimum atomic E-state index is -0.818. The first-order chi connectivity index (χ1) is 13.5. The number of nitrogens with zero attached hydrogens (tertiary/aromatic N) is 3. The molecule has 2 aliphatic rings. The molecule has 1 unspecified atom stereocenters. The molecule has 0 spiro atoms. The van der Waals surface area contributed by atoms with Crippen molar-refractivity contribution in [2.45, 2.75) is 44.2 Å². The van der Waals surface area contributed by atoms with Gasteiger partial charge >= 0.3 is 5.97 Å². The SMILES string of the molecule is COC(=O)CCN(c1ccccc1C1N=C(Cl)NC=C1[N+](=O)[O-])C1CCCC1. The molecule has 0 aromatic heterocycles. The Kier molecular flexibility index (Phi) is 6.51. The van der Waals surface area contributed by atoms with Crippen LogP contribution in [0.25, 0.3) is 0 Å². The second-order valence-corrected chi connectivity index (χ2v) is 7.17. The van der Waals surface area contributed by atoms with Gasteiger partial charge in [0.05, 0.1) is 24.7 Å². The molecule has 1 atom stereocenters. The Morgan fingerprint density at radius 1 is 1.39 bits per heavy atom. The van der Waals surface area contributed by atoms with Crippen molar-refractivity contribution >= 4 is 28.6 Å². The summed E-state index contributed by atoms with van der Waals surface area (Å²) in [6.07, 6.45) is 5.81. The van der Waals surface area contributed by atoms with Gasteiger partial charge in [-0.05, 0) is 30.5 Å². The van der Waals surface area contributed by atoms with Crippen molar-refractivity contribution in [3.63, 3.8) is 0 Å². The standard InChI is InChI=1S/C19H23ClN4O4/c1-28-17(25)10-11-23(13-6-2-3-7-13)15-9-5-4-8-14(15)18-16(24(26)27)12-21-19(20)22-18/h4-5,8-9,12-13,18H,2-3,6-7,10-11H2,1H3,(H,21,22). The zero-order chi connectivity index (χ0) is 20.1. The highest BCUT2D eigenvalue weighted by Crippen LogP contribution is 2.38. The fourth-order valence-corrected chi connectivity index (χ4v) is 3.97. The number of anilines is 1. The summed E-state index contributed by atoms with van der Waals surface area (Å²) in [7, 11) is 1.37. The Bertz CT molecular complexity index is 805. The van der Waals surface area contributed by atoms with Crippen LogP contribution in [0.5, 0.6) is 0 Å². The maximum atomic E-state index is 11.7. The lowest BCUT2D eigenvalue weighted by Gasteiger charge is -2.33. The van der Waals surface area contributed by atoms with Gasteiger partial charge in [0, 0.05) is 23.8 Å². The van der Waals surface area contributed by atoms with Gasteiger partial charge in [0.25, 0.3) is 5.70 Å². The van der Waals surface area contributed by atoms with E-state index in [0.717, 1.165) is 31.4 Å². The monoisotopic (exact) mass is 406 g/mol. The molecule has 0 radical (unpaired) electrons. The number of esters is 1. The number of carbonyl (C=O) groups is 1. The number of amidine groups is 1. The lowest BCUT2D eigenvalue weighted by molar-refractivity contribution is -0.430. The average molecular weight is 407 g/mol. The first-order valence-corrected chi connectivity index (χ1v) is 9.65. The van der Waals surface area contributed by atoms with Crippen LogP contribution in [0.2, 0.25) is 0 Å². The molecule has 1 N–H and O–H groups in total. The van der Waals surface area contributed by atoms with Crippen molar-refractivity contribution in [2.75, 3.05) is 18.6 Å². The van der Waals surface area contributed by atoms with Gasteiger partial charge in [0.15, 0.2) is 11.3 Å². The molecule has 1 aromatic rings. The van der Waals surface area contributed by atoms with Gasteiger partial charge in [-0.25, -0.2) is 4.99 Å². The van der Waals surface area contributed by atoms with Gasteiger partial charge in [0.1, 0.15) is 0 Å². The van der Waals surface area contributed by atoms with Crippen LogP contribution < -0.4 is 10.2 Å². The summed E-state index contributed by atoms with van der Waals surface area (Å²) in [5, 5.41) is 14.3. The molecule has 150 valence electrons. The Morgan fingerprint density at radius 2 is 2.11 bits per heavy atom. The summed E-state index contributed by atoms with van der Waals surface area (Å²) in [6, 6.07) is 6.93. The summed E-state index contributed by atoms with van der Waals surface area (Å²) in [5.74, 6) is -0.283. The molecular weight excluding hydrogens is 384 g/mol. The minimum absolute atomic E-state index is 0.0730. The molecule has 0 saturated heterocycles. The number of aliphatic imine (C=N–C) groups is 1. The highest BCUT2D eigenvalue weighted by Gasteiger charge is 2.34. The van der Waals surface area contributed by atoms with Crippen molar-refractivity contribution < 1.29 is 14.5 Å². The van der Waals surface area contributed by atoms with Gasteiger partial charge in [-0.2, -0.15) is 0 Å². The third-order valence-electron chi connectivity index (χ3n) is 5.16. The highest BCUT2D eigenvalue weighted by atomic mass is 35.5. The molecule has 0 bridgehead atoms. The van der Waals surface area contributed by atoms with E-state index in [9.17, 15) is 14.9 Å². The second kappa shape index (κ2) is 9.05. The number of para-hydroxylation sites is 1. The van der Waals surface area contributed by atoms with E-state index in [2.05, 4.69) is 15.2 Å². The Hall–Kier alpha value is -2.61. The lowest BCUT2D eigenvalue weighted by Crippen LogP contribution is -2.36. The number of hydrogen-bond donors (Lipinski definition) is 1. The molecule has 28 heavy (non-hydrogen) atoms. The van der Waals surface area contributed by atoms with Gasteiger partial charge in [0.2, 0.25) is 0 Å². The molecule has 1 heterocycles. The Morgan fingerprint density at radius 3 is 2.79 bits per heavy atom. The van der Waals surface area contributed by atoms with Crippen LogP contribution in [-0.4, -0.2) is 35.9 Å². The van der Waals surface area contributed by atoms with Gasteiger partial charge in [-0.1, -0.05) is 31.0 Å². The van der Waals surface area contributed by atoms with Crippen molar-refractivity contribution in [2.24, 2.45) is 4.99 Å². The maximum Gasteiger partial charge on any atom is 0.307 e. The van der Waals surface area contributed by atoms with E-state index in [1.807, 2.05) is 24.3 Å². The van der Waals surface area contributed by atoms with Gasteiger partial charge in [-0.15, -0.1) is 0 Å². The van der Waals surface area contributed by atoms with Crippen LogP contribution in [0.15, 0.2) is 41.2 Å². The largest absolute Gasteiger partial charge is 0.469 e. The summed E-state index contributed by atoms with van der Waals surface area (Å²) >= 11 is 6.01. The zero-order valence-corrected chi connectivity index (χ0v) is 16.4. The third-order valence-corrected chi connectivity index (χ3v) is 5.37. The minimum Gasteiger partial charge on any atom is -0.469 e. The molecule has 8 nitrogen and oxygen atoms in total. The number of rotatable bonds is 7. The van der Waals surface area contributed by atoms with E-state index in [4.69, 9.17) is 16.3 Å². The van der Waals surface area contributed by atoms with Crippen LogP contribution in [0, 0.1) is 10.1 Å². The van der Waals surface area contributed by atoms with E-state index in [1.165, 1.54) is 13.3 Å². The Labute approximate surface area is 168 Å². The smallest absolute Gasteiger partial charge is 0.307 e. The molecule has 1 aliphatic carbocycles. The van der Waals surface area contributed by atoms with Gasteiger partial charge in [-0.3, -0.25) is 14.9 Å². The number of methoxy groups -OCH3 is 1.